The molecule has 0 saturated carbocycles. The standard InChI is InChI=1S/C47H83N9O29S/c1-86-18-24(47(84)85)56-46(83)21(4-9-33(68)51-14-27(62)38(75)41(78)30(65)17-59)54-45(82)23(6-11-35(71)72)55-43(80)20(3-8-32(67)50-13-26(61)37(74)40(77)29(64)16-58)53-44(81)22(5-10-34(69)70)52-42(79)19(48)2-7-31(66)49-12-25(60)36(73)39(76)28(63)15-57/h19-30,36-41,57-65,73-78H,2-18,48H2,1H3,(H,49,66)(H,50,67)(H,51,68)(H,52,79)(H,53,81)(H,54,82)(H,55,80)(H,56,83)(H,69,70)(H,71,72)(H,84,85)/t19-,20-,21-,22+,23+,24+,25-,26-,27-,28+,29+,30+,36+,37+,38+,39+,40+,41+/m0/s1. The van der Waals surface area contributed by atoms with E-state index in [-0.39, 0.29) is 5.75 Å². The van der Waals surface area contributed by atoms with Crippen LogP contribution in [0.2, 0.25) is 0 Å². The van der Waals surface area contributed by atoms with Crippen LogP contribution in [0.3, 0.4) is 0 Å². The summed E-state index contributed by atoms with van der Waals surface area (Å²) in [7, 11) is 0. The summed E-state index contributed by atoms with van der Waals surface area (Å²) in [6.07, 6.45) is -30.3. The van der Waals surface area contributed by atoms with E-state index in [0.29, 0.717) is 0 Å². The van der Waals surface area contributed by atoms with Crippen LogP contribution in [0.25, 0.3) is 0 Å². The summed E-state index contributed by atoms with van der Waals surface area (Å²) in [6.45, 7) is -5.45. The van der Waals surface area contributed by atoms with E-state index in [1.54, 1.807) is 0 Å². The molecule has 0 fully saturated rings. The van der Waals surface area contributed by atoms with Gasteiger partial charge in [0.2, 0.25) is 47.3 Å². The highest BCUT2D eigenvalue weighted by Crippen LogP contribution is 2.12. The van der Waals surface area contributed by atoms with Crippen molar-refractivity contribution in [3.8, 4) is 0 Å². The highest BCUT2D eigenvalue weighted by atomic mass is 32.2. The molecule has 0 aliphatic rings. The number of amides is 8. The average Bonchev–Trinajstić information content (AvgIpc) is 3.58. The van der Waals surface area contributed by atoms with Crippen LogP contribution >= 0.6 is 11.8 Å². The molecule has 0 bridgehead atoms. The van der Waals surface area contributed by atoms with Crippen molar-refractivity contribution in [2.45, 2.75) is 174 Å². The summed E-state index contributed by atoms with van der Waals surface area (Å²) in [5.74, 6) is -14.6. The average molecular weight is 1270 g/mol. The number of nitrogens with one attached hydrogen (secondary N) is 8. The van der Waals surface area contributed by atoms with Crippen LogP contribution in [0, 0.1) is 0 Å². The highest BCUT2D eigenvalue weighted by molar-refractivity contribution is 7.98. The number of rotatable bonds is 46. The first-order valence-corrected chi connectivity index (χ1v) is 27.8. The van der Waals surface area contributed by atoms with Gasteiger partial charge in [-0.1, -0.05) is 0 Å². The zero-order chi connectivity index (χ0) is 66.1. The number of aliphatic carboxylic acids is 3. The molecule has 0 rings (SSSR count). The van der Waals surface area contributed by atoms with Gasteiger partial charge in [0.05, 0.1) is 44.2 Å². The van der Waals surface area contributed by atoms with E-state index in [1.165, 1.54) is 6.26 Å². The Kier molecular flexibility index (Phi) is 38.9. The molecular formula is C47H83N9O29S. The van der Waals surface area contributed by atoms with Gasteiger partial charge in [0.1, 0.15) is 85.1 Å². The Morgan fingerprint density at radius 1 is 0.360 bits per heavy atom. The molecule has 0 spiro atoms. The quantitative estimate of drug-likeness (QED) is 0.0269. The second-order valence-corrected chi connectivity index (χ2v) is 20.4. The van der Waals surface area contributed by atoms with Crippen molar-refractivity contribution in [2.75, 3.05) is 51.5 Å². The molecule has 39 heteroatoms. The van der Waals surface area contributed by atoms with E-state index in [4.69, 9.17) is 21.1 Å². The first kappa shape index (κ1) is 79.9. The molecule has 0 aromatic rings. The molecule has 8 amide bonds. The summed E-state index contributed by atoms with van der Waals surface area (Å²) in [5.41, 5.74) is 5.94. The van der Waals surface area contributed by atoms with Crippen molar-refractivity contribution in [1.82, 2.24) is 42.5 Å². The monoisotopic (exact) mass is 1270 g/mol. The maximum atomic E-state index is 14.2. The molecule has 38 nitrogen and oxygen atoms in total. The number of carbonyl (C=O) groups is 11. The predicted molar refractivity (Wildman–Crippen MR) is 287 cm³/mol. The summed E-state index contributed by atoms with van der Waals surface area (Å²) >= 11 is 0.962. The minimum atomic E-state index is -2.16. The van der Waals surface area contributed by atoms with Gasteiger partial charge in [0.15, 0.2) is 0 Å². The van der Waals surface area contributed by atoms with Crippen molar-refractivity contribution in [3.05, 3.63) is 0 Å². The fraction of sp³-hybridized carbons (Fsp3) is 0.766. The second-order valence-electron chi connectivity index (χ2n) is 19.5. The van der Waals surface area contributed by atoms with Crippen LogP contribution in [-0.2, 0) is 52.7 Å². The molecule has 28 N–H and O–H groups in total. The maximum Gasteiger partial charge on any atom is 0.327 e. The Balaban J connectivity index is 7.01. The number of carboxylic acid groups (broad SMARTS) is 3. The number of carboxylic acids is 3. The van der Waals surface area contributed by atoms with E-state index in [1.807, 2.05) is 0 Å². The van der Waals surface area contributed by atoms with Crippen molar-refractivity contribution in [2.24, 2.45) is 5.73 Å². The Bertz CT molecular complexity index is 2180. The van der Waals surface area contributed by atoms with Crippen LogP contribution in [-0.4, -0.2) is 318 Å². The number of thioether (sulfide) groups is 1. The molecule has 0 aliphatic heterocycles. The smallest absolute Gasteiger partial charge is 0.327 e. The van der Waals surface area contributed by atoms with Gasteiger partial charge in [-0.2, -0.15) is 11.8 Å². The van der Waals surface area contributed by atoms with Gasteiger partial charge in [0.25, 0.3) is 0 Å². The van der Waals surface area contributed by atoms with Crippen LogP contribution in [0.5, 0.6) is 0 Å². The molecule has 18 atom stereocenters. The third kappa shape index (κ3) is 30.5. The van der Waals surface area contributed by atoms with E-state index in [0.717, 1.165) is 11.8 Å². The van der Waals surface area contributed by atoms with Gasteiger partial charge in [-0.15, -0.1) is 0 Å². The summed E-state index contributed by atoms with van der Waals surface area (Å²) < 4.78 is 0. The van der Waals surface area contributed by atoms with E-state index in [9.17, 15) is 129 Å². The molecule has 0 saturated heterocycles. The summed E-state index contributed by atoms with van der Waals surface area (Å²) in [5, 5.41) is 192. The highest BCUT2D eigenvalue weighted by Gasteiger charge is 2.37. The third-order valence-corrected chi connectivity index (χ3v) is 13.3. The molecule has 0 radical (unpaired) electrons. The first-order valence-electron chi connectivity index (χ1n) is 26.4. The van der Waals surface area contributed by atoms with E-state index < -0.39 is 278 Å². The molecule has 0 aromatic heterocycles. The third-order valence-electron chi connectivity index (χ3n) is 12.6. The number of hydrogen-bond acceptors (Lipinski definition) is 28. The SMILES string of the molecule is CSC[C@@H](NC(=O)[C@H](CCC(=O)NC[C@H](O)[C@@H](O)[C@H](O)[C@H](O)CO)NC(=O)[C@@H](CCC(=O)O)NC(=O)[C@H](CCC(=O)NC[C@H](O)[C@@H](O)[C@H](O)[C@H](O)CO)NC(=O)[C@@H](CCC(=O)O)NC(=O)[C@@H](N)CCC(=O)NC[C@H](O)[C@@H](O)[C@H](O)[C@H](O)CO)C(=O)O. The number of hydrogen-bond donors (Lipinski definition) is 27. The van der Waals surface area contributed by atoms with Crippen molar-refractivity contribution >= 4 is 76.9 Å². The van der Waals surface area contributed by atoms with Gasteiger partial charge in [-0.05, 0) is 38.4 Å². The van der Waals surface area contributed by atoms with Crippen molar-refractivity contribution in [1.29, 1.82) is 0 Å². The predicted octanol–water partition coefficient (Wildman–Crippen LogP) is -14.1. The molecule has 0 aromatic carbocycles. The van der Waals surface area contributed by atoms with Crippen LogP contribution < -0.4 is 48.3 Å². The normalized spacial score (nSPS) is 17.8. The Morgan fingerprint density at radius 3 is 0.860 bits per heavy atom. The summed E-state index contributed by atoms with van der Waals surface area (Å²) in [4.78, 5) is 143. The van der Waals surface area contributed by atoms with Crippen LogP contribution in [0.4, 0.5) is 0 Å². The largest absolute Gasteiger partial charge is 0.481 e. The zero-order valence-electron chi connectivity index (χ0n) is 46.4. The lowest BCUT2D eigenvalue weighted by atomic mass is 10.0. The van der Waals surface area contributed by atoms with E-state index >= 15 is 0 Å². The number of aliphatic hydroxyl groups is 15. The number of aliphatic hydroxyl groups excluding tert-OH is 15. The minimum Gasteiger partial charge on any atom is -0.481 e. The van der Waals surface area contributed by atoms with Gasteiger partial charge in [-0.3, -0.25) is 47.9 Å². The van der Waals surface area contributed by atoms with E-state index in [2.05, 4.69) is 42.5 Å². The fourth-order valence-electron chi connectivity index (χ4n) is 7.26. The lowest BCUT2D eigenvalue weighted by molar-refractivity contribution is -0.142. The molecule has 0 aliphatic carbocycles. The van der Waals surface area contributed by atoms with Crippen LogP contribution in [0.15, 0.2) is 0 Å². The fourth-order valence-corrected chi connectivity index (χ4v) is 7.82. The first-order chi connectivity index (χ1) is 40.2. The zero-order valence-corrected chi connectivity index (χ0v) is 47.3. The Labute approximate surface area is 493 Å². The lowest BCUT2D eigenvalue weighted by Crippen LogP contribution is -2.59. The van der Waals surface area contributed by atoms with Crippen molar-refractivity contribution in [3.63, 3.8) is 0 Å². The molecule has 0 unspecified atom stereocenters. The van der Waals surface area contributed by atoms with Gasteiger partial charge in [-0.25, -0.2) is 4.79 Å². The van der Waals surface area contributed by atoms with Gasteiger partial charge in [0, 0.05) is 57.5 Å². The molecular weight excluding hydrogens is 1190 g/mol. The second kappa shape index (κ2) is 41.9. The maximum absolute atomic E-state index is 14.2. The lowest BCUT2D eigenvalue weighted by Gasteiger charge is -2.27. The van der Waals surface area contributed by atoms with Gasteiger partial charge < -0.3 is 140 Å². The summed E-state index contributed by atoms with van der Waals surface area (Å²) in [6, 6.07) is -11.3. The topological polar surface area (TPSA) is 674 Å². The minimum absolute atomic E-state index is 0.246. The molecule has 86 heavy (non-hydrogen) atoms. The van der Waals surface area contributed by atoms with Crippen molar-refractivity contribution < 1.29 is 145 Å². The Morgan fingerprint density at radius 2 is 0.605 bits per heavy atom. The van der Waals surface area contributed by atoms with Crippen LogP contribution in [0.1, 0.15) is 64.2 Å². The number of nitrogens with two attached hydrogens (primary N) is 1. The van der Waals surface area contributed by atoms with Gasteiger partial charge >= 0.3 is 17.9 Å². The number of carbonyl (C=O) groups excluding carboxylic acids is 8. The Hall–Kier alpha value is -6.12. The molecule has 0 heterocycles. The molecule has 496 valence electrons.